The highest BCUT2D eigenvalue weighted by molar-refractivity contribution is 7.94. The summed E-state index contributed by atoms with van der Waals surface area (Å²) in [4.78, 5) is 10.8. The van der Waals surface area contributed by atoms with Gasteiger partial charge in [-0.1, -0.05) is 13.8 Å². The Hall–Kier alpha value is -1.93. The number of H-pyrrole nitrogens is 1. The first-order chi connectivity index (χ1) is 9.95. The summed E-state index contributed by atoms with van der Waals surface area (Å²) < 4.78 is 30.0. The van der Waals surface area contributed by atoms with Crippen LogP contribution in [0, 0.1) is 5.92 Å². The summed E-state index contributed by atoms with van der Waals surface area (Å²) in [7, 11) is -3.70. The number of nitrogens with one attached hydrogen (secondary N) is 1. The van der Waals surface area contributed by atoms with Crippen molar-refractivity contribution in [2.24, 2.45) is 5.92 Å². The highest BCUT2D eigenvalue weighted by atomic mass is 32.2. The fourth-order valence-corrected chi connectivity index (χ4v) is 2.91. The van der Waals surface area contributed by atoms with E-state index in [-0.39, 0.29) is 23.3 Å². The maximum absolute atomic E-state index is 12.2. The molecule has 0 saturated carbocycles. The minimum absolute atomic E-state index is 0.0292. The molecular formula is C13H17N3O4S. The van der Waals surface area contributed by atoms with E-state index < -0.39 is 9.84 Å². The third-order valence-corrected chi connectivity index (χ3v) is 4.13. The van der Waals surface area contributed by atoms with Crippen LogP contribution < -0.4 is 4.74 Å². The smallest absolute Gasteiger partial charge is 0.227 e. The van der Waals surface area contributed by atoms with Gasteiger partial charge < -0.3 is 14.8 Å². The molecule has 0 unspecified atom stereocenters. The molecule has 114 valence electrons. The van der Waals surface area contributed by atoms with Crippen molar-refractivity contribution in [1.82, 2.24) is 15.0 Å². The largest absolute Gasteiger partial charge is 0.477 e. The van der Waals surface area contributed by atoms with Gasteiger partial charge >= 0.3 is 0 Å². The average Bonchev–Trinajstić information content (AvgIpc) is 2.88. The van der Waals surface area contributed by atoms with E-state index in [1.54, 1.807) is 0 Å². The predicted octanol–water partition coefficient (Wildman–Crippen LogP) is 1.27. The van der Waals surface area contributed by atoms with Gasteiger partial charge in [0.05, 0.1) is 18.6 Å². The van der Waals surface area contributed by atoms with Crippen molar-refractivity contribution in [2.75, 3.05) is 13.2 Å². The molecular weight excluding hydrogens is 294 g/mol. The van der Waals surface area contributed by atoms with Crippen LogP contribution in [0.4, 0.5) is 0 Å². The van der Waals surface area contributed by atoms with Gasteiger partial charge in [0, 0.05) is 11.6 Å². The van der Waals surface area contributed by atoms with Gasteiger partial charge in [0.2, 0.25) is 15.7 Å². The van der Waals surface area contributed by atoms with E-state index in [1.165, 1.54) is 12.5 Å². The fourth-order valence-electron chi connectivity index (χ4n) is 1.73. The fraction of sp³-hybridized carbons (Fsp3) is 0.385. The third-order valence-electron chi connectivity index (χ3n) is 2.64. The predicted molar refractivity (Wildman–Crippen MR) is 77.6 cm³/mol. The molecule has 0 bridgehead atoms. The van der Waals surface area contributed by atoms with Crippen molar-refractivity contribution in [1.29, 1.82) is 0 Å². The quantitative estimate of drug-likeness (QED) is 0.832. The Bertz CT molecular complexity index is 750. The maximum Gasteiger partial charge on any atom is 0.227 e. The van der Waals surface area contributed by atoms with Gasteiger partial charge in [0.25, 0.3) is 0 Å². The van der Waals surface area contributed by atoms with E-state index in [4.69, 9.17) is 9.84 Å². The highest BCUT2D eigenvalue weighted by Crippen LogP contribution is 2.29. The molecule has 0 spiro atoms. The molecule has 0 aliphatic rings. The zero-order chi connectivity index (χ0) is 15.5. The second kappa shape index (κ2) is 6.23. The Morgan fingerprint density at radius 2 is 2.19 bits per heavy atom. The molecule has 2 aromatic rings. The van der Waals surface area contributed by atoms with Crippen LogP contribution in [0.2, 0.25) is 0 Å². The van der Waals surface area contributed by atoms with Crippen molar-refractivity contribution >= 4 is 20.9 Å². The lowest BCUT2D eigenvalue weighted by atomic mass is 10.2. The summed E-state index contributed by atoms with van der Waals surface area (Å²) in [6, 6.07) is 0. The van der Waals surface area contributed by atoms with E-state index in [9.17, 15) is 8.42 Å². The summed E-state index contributed by atoms with van der Waals surface area (Å²) in [6.45, 7) is 4.03. The Kier molecular flexibility index (Phi) is 4.59. The van der Waals surface area contributed by atoms with Crippen LogP contribution in [0.25, 0.3) is 11.0 Å². The minimum Gasteiger partial charge on any atom is -0.477 e. The number of hydrogen-bond acceptors (Lipinski definition) is 6. The molecule has 7 nitrogen and oxygen atoms in total. The molecule has 2 N–H and O–H groups in total. The zero-order valence-corrected chi connectivity index (χ0v) is 12.6. The molecule has 0 amide bonds. The van der Waals surface area contributed by atoms with Crippen LogP contribution in [0.5, 0.6) is 5.88 Å². The molecule has 21 heavy (non-hydrogen) atoms. The molecule has 2 rings (SSSR count). The van der Waals surface area contributed by atoms with Gasteiger partial charge in [-0.3, -0.25) is 0 Å². The van der Waals surface area contributed by atoms with Crippen LogP contribution in [0.15, 0.2) is 28.9 Å². The lowest BCUT2D eigenvalue weighted by Crippen LogP contribution is -2.07. The highest BCUT2D eigenvalue weighted by Gasteiger charge is 2.21. The topological polar surface area (TPSA) is 105 Å². The van der Waals surface area contributed by atoms with Gasteiger partial charge in [-0.05, 0) is 12.0 Å². The molecule has 2 aromatic heterocycles. The second-order valence-electron chi connectivity index (χ2n) is 4.86. The number of sulfone groups is 1. The summed E-state index contributed by atoms with van der Waals surface area (Å²) in [5.41, 5.74) is 0.389. The van der Waals surface area contributed by atoms with E-state index in [0.717, 1.165) is 11.5 Å². The first kappa shape index (κ1) is 15.5. The maximum atomic E-state index is 12.2. The van der Waals surface area contributed by atoms with E-state index >= 15 is 0 Å². The van der Waals surface area contributed by atoms with Gasteiger partial charge in [0.15, 0.2) is 0 Å². The summed E-state index contributed by atoms with van der Waals surface area (Å²) in [5, 5.41) is 10.0. The number of fused-ring (bicyclic) bond motifs is 1. The van der Waals surface area contributed by atoms with Crippen molar-refractivity contribution < 1.29 is 18.3 Å². The Morgan fingerprint density at radius 3 is 2.86 bits per heavy atom. The van der Waals surface area contributed by atoms with Crippen LogP contribution in [-0.4, -0.2) is 41.7 Å². The number of nitrogens with zero attached hydrogens (tertiary/aromatic N) is 2. The van der Waals surface area contributed by atoms with Crippen molar-refractivity contribution in [3.8, 4) is 5.88 Å². The average molecular weight is 311 g/mol. The molecule has 0 radical (unpaired) electrons. The van der Waals surface area contributed by atoms with Gasteiger partial charge in [-0.15, -0.1) is 0 Å². The molecule has 0 aromatic carbocycles. The van der Waals surface area contributed by atoms with Crippen molar-refractivity contribution in [3.05, 3.63) is 24.0 Å². The van der Waals surface area contributed by atoms with E-state index in [2.05, 4.69) is 15.0 Å². The minimum atomic E-state index is -3.70. The third kappa shape index (κ3) is 3.40. The molecule has 0 atom stereocenters. The number of aliphatic hydroxyl groups is 1. The number of aromatic nitrogens is 3. The number of rotatable bonds is 6. The number of aromatic amines is 1. The Balaban J connectivity index is 2.53. The first-order valence-electron chi connectivity index (χ1n) is 6.43. The van der Waals surface area contributed by atoms with E-state index in [1.807, 2.05) is 13.8 Å². The molecule has 0 aliphatic heterocycles. The van der Waals surface area contributed by atoms with Gasteiger partial charge in [-0.2, -0.15) is 0 Å². The van der Waals surface area contributed by atoms with Crippen LogP contribution >= 0.6 is 0 Å². The molecule has 8 heteroatoms. The second-order valence-corrected chi connectivity index (χ2v) is 6.66. The van der Waals surface area contributed by atoms with E-state index in [0.29, 0.717) is 17.6 Å². The first-order valence-corrected chi connectivity index (χ1v) is 7.97. The molecule has 0 fully saturated rings. The zero-order valence-electron chi connectivity index (χ0n) is 11.8. The van der Waals surface area contributed by atoms with Crippen molar-refractivity contribution in [3.63, 3.8) is 0 Å². The lowest BCUT2D eigenvalue weighted by molar-refractivity contribution is 0.264. The van der Waals surface area contributed by atoms with Gasteiger partial charge in [-0.25, -0.2) is 18.4 Å². The molecule has 0 aliphatic carbocycles. The summed E-state index contributed by atoms with van der Waals surface area (Å²) in [6.07, 6.45) is 3.82. The summed E-state index contributed by atoms with van der Waals surface area (Å²) in [5.74, 6) is 0.509. The Labute approximate surface area is 122 Å². The number of ether oxygens (including phenoxy) is 1. The van der Waals surface area contributed by atoms with Crippen LogP contribution in [-0.2, 0) is 9.84 Å². The van der Waals surface area contributed by atoms with Gasteiger partial charge in [0.1, 0.15) is 16.9 Å². The monoisotopic (exact) mass is 311 g/mol. The molecule has 0 saturated heterocycles. The SMILES string of the molecule is CC(C)COc1ncnc2[nH]cc(S(=O)(=O)/C=C/CO)c12. The standard InChI is InChI=1S/C13H17N3O4S/c1-9(2)7-20-13-11-10(21(18,19)5-3-4-17)6-14-12(11)15-8-16-13/h3,5-6,8-9,17H,4,7H2,1-2H3,(H,14,15,16)/b5-3+. The normalized spacial score (nSPS) is 12.6. The Morgan fingerprint density at radius 1 is 1.43 bits per heavy atom. The molecule has 2 heterocycles. The number of aliphatic hydroxyl groups excluding tert-OH is 1. The summed E-state index contributed by atoms with van der Waals surface area (Å²) >= 11 is 0. The lowest BCUT2D eigenvalue weighted by Gasteiger charge is -2.08. The number of hydrogen-bond donors (Lipinski definition) is 2. The van der Waals surface area contributed by atoms with Crippen molar-refractivity contribution in [2.45, 2.75) is 18.7 Å². The van der Waals surface area contributed by atoms with Crippen LogP contribution in [0.3, 0.4) is 0 Å². The van der Waals surface area contributed by atoms with Crippen LogP contribution in [0.1, 0.15) is 13.8 Å².